The molecule has 1 fully saturated rings. The van der Waals surface area contributed by atoms with Gasteiger partial charge in [-0.25, -0.2) is 4.79 Å². The van der Waals surface area contributed by atoms with Crippen LogP contribution in [0.5, 0.6) is 5.75 Å². The molecule has 2 amide bonds. The van der Waals surface area contributed by atoms with Crippen LogP contribution in [0.4, 0.5) is 10.5 Å². The first kappa shape index (κ1) is 21.9. The molecule has 7 nitrogen and oxygen atoms in total. The predicted molar refractivity (Wildman–Crippen MR) is 118 cm³/mol. The summed E-state index contributed by atoms with van der Waals surface area (Å²) in [5.74, 6) is 0.499. The minimum Gasteiger partial charge on any atom is -0.507 e. The molecule has 1 aromatic carbocycles. The molecule has 1 saturated carbocycles. The molecule has 7 heteroatoms. The monoisotopic (exact) mass is 412 g/mol. The van der Waals surface area contributed by atoms with Gasteiger partial charge in [-0.05, 0) is 50.3 Å². The summed E-state index contributed by atoms with van der Waals surface area (Å²) in [4.78, 5) is 24.7. The number of carbonyl (C=O) groups is 2. The first-order chi connectivity index (χ1) is 14.3. The number of aromatic hydroxyl groups is 1. The van der Waals surface area contributed by atoms with E-state index in [1.54, 1.807) is 12.1 Å². The molecule has 0 radical (unpaired) electrons. The predicted octanol–water partition coefficient (Wildman–Crippen LogP) is 4.86. The Labute approximate surface area is 177 Å². The standard InChI is InChI=1S/C23H32N4O3/c1-5-15(4)24-23(30)27-20(16-7-6-8-16)13-19(26-27)18-10-9-17(12-21(18)28)25-22(29)11-14(2)3/h9-10,12-16,28H,5-8,11H2,1-4H3,(H,24,30)(H,25,29). The second-order valence-electron chi connectivity index (χ2n) is 8.63. The highest BCUT2D eigenvalue weighted by molar-refractivity contribution is 5.91. The molecular weight excluding hydrogens is 380 g/mol. The fourth-order valence-electron chi connectivity index (χ4n) is 3.47. The van der Waals surface area contributed by atoms with Crippen molar-refractivity contribution >= 4 is 17.6 Å². The molecule has 0 saturated heterocycles. The molecule has 30 heavy (non-hydrogen) atoms. The van der Waals surface area contributed by atoms with Gasteiger partial charge in [-0.2, -0.15) is 9.78 Å². The van der Waals surface area contributed by atoms with Gasteiger partial charge >= 0.3 is 6.03 Å². The lowest BCUT2D eigenvalue weighted by Crippen LogP contribution is -2.37. The molecule has 2 aromatic rings. The molecule has 3 N–H and O–H groups in total. The lowest BCUT2D eigenvalue weighted by molar-refractivity contribution is -0.116. The molecule has 0 bridgehead atoms. The average Bonchev–Trinajstić information content (AvgIpc) is 3.03. The number of hydrogen-bond donors (Lipinski definition) is 3. The SMILES string of the molecule is CCC(C)NC(=O)n1nc(-c2ccc(NC(=O)CC(C)C)cc2O)cc1C1CCC1. The van der Waals surface area contributed by atoms with Crippen molar-refractivity contribution < 1.29 is 14.7 Å². The van der Waals surface area contributed by atoms with Crippen LogP contribution in [0, 0.1) is 5.92 Å². The first-order valence-corrected chi connectivity index (χ1v) is 10.8. The van der Waals surface area contributed by atoms with Gasteiger partial charge in [0.1, 0.15) is 5.75 Å². The lowest BCUT2D eigenvalue weighted by Gasteiger charge is -2.25. The van der Waals surface area contributed by atoms with E-state index in [9.17, 15) is 14.7 Å². The Morgan fingerprint density at radius 3 is 2.53 bits per heavy atom. The Balaban J connectivity index is 1.86. The van der Waals surface area contributed by atoms with E-state index in [2.05, 4.69) is 15.7 Å². The smallest absolute Gasteiger partial charge is 0.342 e. The van der Waals surface area contributed by atoms with Gasteiger partial charge in [-0.3, -0.25) is 4.79 Å². The third-order valence-corrected chi connectivity index (χ3v) is 5.59. The van der Waals surface area contributed by atoms with Crippen LogP contribution < -0.4 is 10.6 Å². The van der Waals surface area contributed by atoms with Gasteiger partial charge in [-0.15, -0.1) is 0 Å². The van der Waals surface area contributed by atoms with E-state index in [0.717, 1.165) is 31.4 Å². The van der Waals surface area contributed by atoms with Crippen molar-refractivity contribution in [2.45, 2.75) is 71.8 Å². The summed E-state index contributed by atoms with van der Waals surface area (Å²) in [6, 6.07) is 6.70. The van der Waals surface area contributed by atoms with E-state index in [1.807, 2.05) is 33.8 Å². The number of benzene rings is 1. The Bertz CT molecular complexity index is 915. The average molecular weight is 413 g/mol. The molecule has 1 atom stereocenters. The van der Waals surface area contributed by atoms with E-state index in [1.165, 1.54) is 10.7 Å². The highest BCUT2D eigenvalue weighted by Crippen LogP contribution is 2.39. The maximum Gasteiger partial charge on any atom is 0.342 e. The zero-order valence-corrected chi connectivity index (χ0v) is 18.2. The van der Waals surface area contributed by atoms with Gasteiger partial charge in [0.15, 0.2) is 0 Å². The minimum atomic E-state index is -0.241. The maximum atomic E-state index is 12.8. The highest BCUT2D eigenvalue weighted by Gasteiger charge is 2.28. The Morgan fingerprint density at radius 1 is 1.23 bits per heavy atom. The topological polar surface area (TPSA) is 96.3 Å². The van der Waals surface area contributed by atoms with E-state index in [0.29, 0.717) is 29.3 Å². The lowest BCUT2D eigenvalue weighted by atomic mass is 9.82. The van der Waals surface area contributed by atoms with Crippen molar-refractivity contribution in [3.05, 3.63) is 30.0 Å². The van der Waals surface area contributed by atoms with Crippen LogP contribution in [0.3, 0.4) is 0 Å². The zero-order valence-electron chi connectivity index (χ0n) is 18.2. The summed E-state index contributed by atoms with van der Waals surface area (Å²) < 4.78 is 1.45. The van der Waals surface area contributed by atoms with Crippen LogP contribution in [0.25, 0.3) is 11.3 Å². The molecule has 162 valence electrons. The van der Waals surface area contributed by atoms with Crippen LogP contribution in [-0.4, -0.2) is 32.9 Å². The van der Waals surface area contributed by atoms with Gasteiger partial charge in [-0.1, -0.05) is 27.2 Å². The number of nitrogens with one attached hydrogen (secondary N) is 2. The van der Waals surface area contributed by atoms with Crippen LogP contribution in [0.15, 0.2) is 24.3 Å². The summed E-state index contributed by atoms with van der Waals surface area (Å²) in [5, 5.41) is 20.9. The molecule has 1 aromatic heterocycles. The van der Waals surface area contributed by atoms with Gasteiger partial charge in [0.05, 0.1) is 11.4 Å². The summed E-state index contributed by atoms with van der Waals surface area (Å²) in [6.45, 7) is 7.94. The second-order valence-corrected chi connectivity index (χ2v) is 8.63. The highest BCUT2D eigenvalue weighted by atomic mass is 16.3. The summed E-state index contributed by atoms with van der Waals surface area (Å²) in [5.41, 5.74) is 2.50. The fourth-order valence-corrected chi connectivity index (χ4v) is 3.47. The quantitative estimate of drug-likeness (QED) is 0.605. The van der Waals surface area contributed by atoms with Crippen LogP contribution in [-0.2, 0) is 4.79 Å². The fraction of sp³-hybridized carbons (Fsp3) is 0.522. The number of amides is 2. The third-order valence-electron chi connectivity index (χ3n) is 5.59. The van der Waals surface area contributed by atoms with Crippen LogP contribution in [0.1, 0.15) is 71.4 Å². The normalized spacial score (nSPS) is 15.0. The minimum absolute atomic E-state index is 0.0180. The van der Waals surface area contributed by atoms with Crippen molar-refractivity contribution in [1.82, 2.24) is 15.1 Å². The number of phenols is 1. The van der Waals surface area contributed by atoms with Crippen molar-refractivity contribution in [3.63, 3.8) is 0 Å². The molecular formula is C23H32N4O3. The zero-order chi connectivity index (χ0) is 21.8. The van der Waals surface area contributed by atoms with Gasteiger partial charge < -0.3 is 15.7 Å². The van der Waals surface area contributed by atoms with Crippen molar-refractivity contribution in [1.29, 1.82) is 0 Å². The number of aromatic nitrogens is 2. The van der Waals surface area contributed by atoms with Crippen molar-refractivity contribution in [3.8, 4) is 17.0 Å². The number of hydrogen-bond acceptors (Lipinski definition) is 4. The third kappa shape index (κ3) is 5.01. The van der Waals surface area contributed by atoms with E-state index < -0.39 is 0 Å². The number of nitrogens with zero attached hydrogens (tertiary/aromatic N) is 2. The first-order valence-electron chi connectivity index (χ1n) is 10.8. The number of phenolic OH excluding ortho intramolecular Hbond substituents is 1. The second kappa shape index (κ2) is 9.32. The molecule has 3 rings (SSSR count). The Kier molecular flexibility index (Phi) is 6.80. The summed E-state index contributed by atoms with van der Waals surface area (Å²) >= 11 is 0. The maximum absolute atomic E-state index is 12.8. The Morgan fingerprint density at radius 2 is 1.97 bits per heavy atom. The molecule has 0 aliphatic heterocycles. The number of carbonyl (C=O) groups excluding carboxylic acids is 2. The number of anilines is 1. The molecule has 1 aliphatic rings. The summed E-state index contributed by atoms with van der Waals surface area (Å²) in [7, 11) is 0. The van der Waals surface area contributed by atoms with Crippen LogP contribution in [0.2, 0.25) is 0 Å². The van der Waals surface area contributed by atoms with Crippen LogP contribution >= 0.6 is 0 Å². The van der Waals surface area contributed by atoms with Gasteiger partial charge in [0, 0.05) is 35.7 Å². The summed E-state index contributed by atoms with van der Waals surface area (Å²) in [6.07, 6.45) is 4.48. The van der Waals surface area contributed by atoms with E-state index in [-0.39, 0.29) is 29.6 Å². The van der Waals surface area contributed by atoms with Gasteiger partial charge in [0.25, 0.3) is 0 Å². The molecule has 1 unspecified atom stereocenters. The molecule has 0 spiro atoms. The molecule has 1 aliphatic carbocycles. The number of rotatable bonds is 7. The van der Waals surface area contributed by atoms with Gasteiger partial charge in [0.2, 0.25) is 5.91 Å². The largest absolute Gasteiger partial charge is 0.507 e. The molecule has 1 heterocycles. The Hall–Kier alpha value is -2.83. The van der Waals surface area contributed by atoms with E-state index in [4.69, 9.17) is 0 Å². The van der Waals surface area contributed by atoms with Crippen molar-refractivity contribution in [2.75, 3.05) is 5.32 Å². The van der Waals surface area contributed by atoms with Crippen molar-refractivity contribution in [2.24, 2.45) is 5.92 Å². The van der Waals surface area contributed by atoms with E-state index >= 15 is 0 Å².